The quantitative estimate of drug-likeness (QED) is 0.654. The first-order chi connectivity index (χ1) is 5.86. The molecule has 0 saturated carbocycles. The lowest BCUT2D eigenvalue weighted by atomic mass is 10.1. The summed E-state index contributed by atoms with van der Waals surface area (Å²) >= 11 is 4.23. The molecule has 1 unspecified atom stereocenters. The lowest BCUT2D eigenvalue weighted by Crippen LogP contribution is -1.94. The second kappa shape index (κ2) is 3.50. The maximum Gasteiger partial charge on any atom is 0.0825 e. The number of thiol groups is 1. The zero-order valence-electron chi connectivity index (χ0n) is 6.86. The molecule has 0 amide bonds. The van der Waals surface area contributed by atoms with Gasteiger partial charge in [0.1, 0.15) is 0 Å². The third-order valence-corrected chi connectivity index (χ3v) is 2.49. The summed E-state index contributed by atoms with van der Waals surface area (Å²) in [5.41, 5.74) is 1.28. The molecule has 0 aliphatic carbocycles. The van der Waals surface area contributed by atoms with Gasteiger partial charge in [-0.15, -0.1) is 12.6 Å². The first kappa shape index (κ1) is 8.14. The van der Waals surface area contributed by atoms with Crippen LogP contribution in [0.2, 0.25) is 0 Å². The van der Waals surface area contributed by atoms with E-state index in [4.69, 9.17) is 4.74 Å². The highest BCUT2D eigenvalue weighted by molar-refractivity contribution is 7.80. The van der Waals surface area contributed by atoms with E-state index in [0.29, 0.717) is 6.10 Å². The molecule has 1 nitrogen and oxygen atoms in total. The van der Waals surface area contributed by atoms with Crippen LogP contribution >= 0.6 is 12.6 Å². The second-order valence-electron chi connectivity index (χ2n) is 3.09. The van der Waals surface area contributed by atoms with Crippen LogP contribution in [-0.2, 0) is 4.74 Å². The fourth-order valence-corrected chi connectivity index (χ4v) is 1.68. The van der Waals surface area contributed by atoms with Crippen LogP contribution in [-0.4, -0.2) is 6.61 Å². The molecule has 0 N–H and O–H groups in total. The molecule has 2 heteroatoms. The average Bonchev–Trinajstić information content (AvgIpc) is 2.58. The maximum atomic E-state index is 5.55. The van der Waals surface area contributed by atoms with E-state index in [0.717, 1.165) is 17.9 Å². The molecule has 1 saturated heterocycles. The Bertz CT molecular complexity index is 249. The number of rotatable bonds is 1. The van der Waals surface area contributed by atoms with Crippen molar-refractivity contribution in [3.63, 3.8) is 0 Å². The van der Waals surface area contributed by atoms with E-state index in [9.17, 15) is 0 Å². The Morgan fingerprint density at radius 1 is 1.25 bits per heavy atom. The molecule has 1 heterocycles. The molecule has 1 aromatic rings. The summed E-state index contributed by atoms with van der Waals surface area (Å²) in [4.78, 5) is 1.01. The molecule has 64 valence electrons. The molecule has 1 aromatic carbocycles. The number of hydrogen-bond donors (Lipinski definition) is 1. The van der Waals surface area contributed by atoms with Crippen molar-refractivity contribution in [1.82, 2.24) is 0 Å². The molecule has 12 heavy (non-hydrogen) atoms. The standard InChI is InChI=1S/C10H12OS/c12-9-5-3-8(4-6-9)10-2-1-7-11-10/h3-6,10,12H,1-2,7H2. The third-order valence-electron chi connectivity index (χ3n) is 2.19. The minimum Gasteiger partial charge on any atom is -0.374 e. The van der Waals surface area contributed by atoms with Crippen LogP contribution in [0.3, 0.4) is 0 Å². The molecule has 2 rings (SSSR count). The molecule has 0 spiro atoms. The summed E-state index contributed by atoms with van der Waals surface area (Å²) in [6.07, 6.45) is 2.68. The van der Waals surface area contributed by atoms with E-state index in [1.807, 2.05) is 12.1 Å². The van der Waals surface area contributed by atoms with Crippen LogP contribution in [0.5, 0.6) is 0 Å². The van der Waals surface area contributed by atoms with Gasteiger partial charge >= 0.3 is 0 Å². The molecular weight excluding hydrogens is 168 g/mol. The van der Waals surface area contributed by atoms with Crippen LogP contribution < -0.4 is 0 Å². The van der Waals surface area contributed by atoms with Crippen LogP contribution in [0.4, 0.5) is 0 Å². The van der Waals surface area contributed by atoms with Crippen molar-refractivity contribution in [1.29, 1.82) is 0 Å². The zero-order chi connectivity index (χ0) is 8.39. The van der Waals surface area contributed by atoms with Crippen molar-refractivity contribution < 1.29 is 4.74 Å². The predicted molar refractivity (Wildman–Crippen MR) is 51.6 cm³/mol. The van der Waals surface area contributed by atoms with Crippen molar-refractivity contribution in [2.75, 3.05) is 6.61 Å². The Balaban J connectivity index is 2.17. The first-order valence-electron chi connectivity index (χ1n) is 4.27. The Kier molecular flexibility index (Phi) is 2.38. The van der Waals surface area contributed by atoms with Gasteiger partial charge in [0, 0.05) is 11.5 Å². The Hall–Kier alpha value is -0.470. The molecule has 0 radical (unpaired) electrons. The van der Waals surface area contributed by atoms with Crippen molar-refractivity contribution in [3.05, 3.63) is 29.8 Å². The normalized spacial score (nSPS) is 22.9. The van der Waals surface area contributed by atoms with Gasteiger partial charge < -0.3 is 4.74 Å². The average molecular weight is 180 g/mol. The van der Waals surface area contributed by atoms with Crippen molar-refractivity contribution in [2.24, 2.45) is 0 Å². The van der Waals surface area contributed by atoms with Gasteiger partial charge in [0.15, 0.2) is 0 Å². The van der Waals surface area contributed by atoms with E-state index in [1.165, 1.54) is 12.0 Å². The second-order valence-corrected chi connectivity index (χ2v) is 3.61. The van der Waals surface area contributed by atoms with E-state index >= 15 is 0 Å². The summed E-state index contributed by atoms with van der Waals surface area (Å²) in [7, 11) is 0. The summed E-state index contributed by atoms with van der Waals surface area (Å²) in [6, 6.07) is 8.22. The lowest BCUT2D eigenvalue weighted by Gasteiger charge is -2.08. The van der Waals surface area contributed by atoms with Crippen molar-refractivity contribution >= 4 is 12.6 Å². The summed E-state index contributed by atoms with van der Waals surface area (Å²) in [6.45, 7) is 0.910. The van der Waals surface area contributed by atoms with Crippen molar-refractivity contribution in [3.8, 4) is 0 Å². The minimum atomic E-state index is 0.332. The summed E-state index contributed by atoms with van der Waals surface area (Å²) in [5, 5.41) is 0. The fraction of sp³-hybridized carbons (Fsp3) is 0.400. The van der Waals surface area contributed by atoms with E-state index < -0.39 is 0 Å². The minimum absolute atomic E-state index is 0.332. The topological polar surface area (TPSA) is 9.23 Å². The predicted octanol–water partition coefficient (Wildman–Crippen LogP) is 2.83. The van der Waals surface area contributed by atoms with Gasteiger partial charge in [-0.1, -0.05) is 12.1 Å². The molecular formula is C10H12OS. The monoisotopic (exact) mass is 180 g/mol. The smallest absolute Gasteiger partial charge is 0.0825 e. The van der Waals surface area contributed by atoms with E-state index in [-0.39, 0.29) is 0 Å². The highest BCUT2D eigenvalue weighted by Gasteiger charge is 2.16. The maximum absolute atomic E-state index is 5.55. The number of benzene rings is 1. The highest BCUT2D eigenvalue weighted by Crippen LogP contribution is 2.28. The van der Waals surface area contributed by atoms with E-state index in [2.05, 4.69) is 24.8 Å². The first-order valence-corrected chi connectivity index (χ1v) is 4.71. The number of ether oxygens (including phenoxy) is 1. The SMILES string of the molecule is Sc1ccc(C2CCCO2)cc1. The van der Waals surface area contributed by atoms with Crippen LogP contribution in [0.25, 0.3) is 0 Å². The van der Waals surface area contributed by atoms with Crippen LogP contribution in [0.1, 0.15) is 24.5 Å². The lowest BCUT2D eigenvalue weighted by molar-refractivity contribution is 0.112. The Labute approximate surface area is 78.2 Å². The van der Waals surface area contributed by atoms with Gasteiger partial charge in [0.05, 0.1) is 6.10 Å². The molecule has 0 aromatic heterocycles. The third kappa shape index (κ3) is 1.65. The van der Waals surface area contributed by atoms with Gasteiger partial charge in [-0.2, -0.15) is 0 Å². The number of hydrogen-bond acceptors (Lipinski definition) is 2. The highest BCUT2D eigenvalue weighted by atomic mass is 32.1. The van der Waals surface area contributed by atoms with Gasteiger partial charge in [0.2, 0.25) is 0 Å². The molecule has 0 bridgehead atoms. The zero-order valence-corrected chi connectivity index (χ0v) is 7.76. The molecule has 1 atom stereocenters. The molecule has 1 aliphatic heterocycles. The van der Waals surface area contributed by atoms with Crippen LogP contribution in [0.15, 0.2) is 29.2 Å². The largest absolute Gasteiger partial charge is 0.374 e. The Morgan fingerprint density at radius 2 is 2.00 bits per heavy atom. The van der Waals surface area contributed by atoms with Gasteiger partial charge in [-0.25, -0.2) is 0 Å². The molecule has 1 aliphatic rings. The van der Waals surface area contributed by atoms with Crippen molar-refractivity contribution in [2.45, 2.75) is 23.8 Å². The van der Waals surface area contributed by atoms with Crippen LogP contribution in [0, 0.1) is 0 Å². The van der Waals surface area contributed by atoms with Gasteiger partial charge in [0.25, 0.3) is 0 Å². The Morgan fingerprint density at radius 3 is 2.58 bits per heavy atom. The molecule has 1 fully saturated rings. The van der Waals surface area contributed by atoms with Gasteiger partial charge in [-0.05, 0) is 30.5 Å². The van der Waals surface area contributed by atoms with E-state index in [1.54, 1.807) is 0 Å². The summed E-state index contributed by atoms with van der Waals surface area (Å²) in [5.74, 6) is 0. The summed E-state index contributed by atoms with van der Waals surface area (Å²) < 4.78 is 5.55. The fourth-order valence-electron chi connectivity index (χ4n) is 1.53. The van der Waals surface area contributed by atoms with Gasteiger partial charge in [-0.3, -0.25) is 0 Å².